The molecule has 1 aliphatic heterocycles. The quantitative estimate of drug-likeness (QED) is 0.742. The van der Waals surface area contributed by atoms with Crippen LogP contribution in [0.2, 0.25) is 0 Å². The van der Waals surface area contributed by atoms with E-state index in [1.165, 1.54) is 25.6 Å². The zero-order valence-corrected chi connectivity index (χ0v) is 12.8. The van der Waals surface area contributed by atoms with Crippen LogP contribution in [0.25, 0.3) is 0 Å². The Hall–Kier alpha value is -1.04. The van der Waals surface area contributed by atoms with Crippen molar-refractivity contribution in [2.45, 2.75) is 58.2 Å². The number of hydrogen-bond donors (Lipinski definition) is 1. The fraction of sp³-hybridized carbons (Fsp3) is 0.769. The molecule has 1 unspecified atom stereocenters. The van der Waals surface area contributed by atoms with Gasteiger partial charge in [0.15, 0.2) is 5.17 Å². The van der Waals surface area contributed by atoms with Gasteiger partial charge < -0.3 is 5.32 Å². The van der Waals surface area contributed by atoms with Gasteiger partial charge >= 0.3 is 0 Å². The summed E-state index contributed by atoms with van der Waals surface area (Å²) < 4.78 is 0. The number of nitrogens with one attached hydrogen (secondary N) is 1. The summed E-state index contributed by atoms with van der Waals surface area (Å²) in [5.74, 6) is -0.215. The Morgan fingerprint density at radius 1 is 1.32 bits per heavy atom. The molecule has 19 heavy (non-hydrogen) atoms. The standard InChI is InChI=1S/C13H21N3O2S/c1-9(17)14-11-15-16(10(2)18)13(19-11)7-5-6-12(3,4)8-13/h5-8H2,1-4H3,(H,14,15,17). The molecular formula is C13H21N3O2S. The van der Waals surface area contributed by atoms with Crippen LogP contribution >= 0.6 is 11.8 Å². The van der Waals surface area contributed by atoms with E-state index in [0.29, 0.717) is 5.17 Å². The largest absolute Gasteiger partial charge is 0.304 e. The van der Waals surface area contributed by atoms with E-state index in [0.717, 1.165) is 25.7 Å². The van der Waals surface area contributed by atoms with Crippen molar-refractivity contribution in [3.63, 3.8) is 0 Å². The number of carbonyl (C=O) groups excluding carboxylic acids is 2. The summed E-state index contributed by atoms with van der Waals surface area (Å²) in [6.45, 7) is 7.44. The van der Waals surface area contributed by atoms with E-state index in [1.807, 2.05) is 0 Å². The minimum Gasteiger partial charge on any atom is -0.304 e. The lowest BCUT2D eigenvalue weighted by Gasteiger charge is -2.44. The number of amides is 2. The smallest absolute Gasteiger partial charge is 0.240 e. The van der Waals surface area contributed by atoms with E-state index < -0.39 is 0 Å². The molecule has 2 amide bonds. The van der Waals surface area contributed by atoms with Crippen LogP contribution in [0.3, 0.4) is 0 Å². The molecule has 0 saturated heterocycles. The third kappa shape index (κ3) is 2.94. The van der Waals surface area contributed by atoms with E-state index in [9.17, 15) is 9.59 Å². The highest BCUT2D eigenvalue weighted by Crippen LogP contribution is 2.52. The minimum absolute atomic E-state index is 0.0643. The normalized spacial score (nSPS) is 29.3. The summed E-state index contributed by atoms with van der Waals surface area (Å²) in [5, 5.41) is 9.12. The molecule has 1 heterocycles. The fourth-order valence-electron chi connectivity index (χ4n) is 3.02. The average Bonchev–Trinajstić information content (AvgIpc) is 2.53. The van der Waals surface area contributed by atoms with Crippen molar-refractivity contribution in [1.82, 2.24) is 10.3 Å². The second-order valence-corrected chi connectivity index (χ2v) is 7.51. The number of hydrogen-bond acceptors (Lipinski definition) is 4. The van der Waals surface area contributed by atoms with Crippen LogP contribution < -0.4 is 5.32 Å². The Morgan fingerprint density at radius 2 is 2.00 bits per heavy atom. The van der Waals surface area contributed by atoms with Gasteiger partial charge in [-0.3, -0.25) is 9.59 Å². The maximum atomic E-state index is 11.9. The Balaban J connectivity index is 2.25. The monoisotopic (exact) mass is 283 g/mol. The van der Waals surface area contributed by atoms with Gasteiger partial charge in [-0.25, -0.2) is 5.01 Å². The molecule has 1 saturated carbocycles. The van der Waals surface area contributed by atoms with Crippen LogP contribution in [0, 0.1) is 5.41 Å². The van der Waals surface area contributed by atoms with Crippen molar-refractivity contribution in [3.05, 3.63) is 0 Å². The Morgan fingerprint density at radius 3 is 2.53 bits per heavy atom. The molecule has 1 N–H and O–H groups in total. The molecule has 6 heteroatoms. The van der Waals surface area contributed by atoms with Gasteiger partial charge in [0.2, 0.25) is 11.8 Å². The zero-order valence-electron chi connectivity index (χ0n) is 11.9. The van der Waals surface area contributed by atoms with Gasteiger partial charge in [-0.2, -0.15) is 0 Å². The highest BCUT2D eigenvalue weighted by Gasteiger charge is 2.50. The molecule has 0 radical (unpaired) electrons. The molecule has 1 fully saturated rings. The zero-order chi connectivity index (χ0) is 14.3. The van der Waals surface area contributed by atoms with E-state index in [-0.39, 0.29) is 22.1 Å². The van der Waals surface area contributed by atoms with Crippen LogP contribution in [0.4, 0.5) is 0 Å². The maximum absolute atomic E-state index is 11.9. The van der Waals surface area contributed by atoms with Gasteiger partial charge in [-0.05, 0) is 31.1 Å². The summed E-state index contributed by atoms with van der Waals surface area (Å²) in [6.07, 6.45) is 4.06. The van der Waals surface area contributed by atoms with E-state index >= 15 is 0 Å². The molecule has 0 aromatic heterocycles. The molecule has 1 spiro atoms. The number of carbonyl (C=O) groups is 2. The number of hydrazone groups is 1. The molecule has 5 nitrogen and oxygen atoms in total. The number of rotatable bonds is 0. The lowest BCUT2D eigenvalue weighted by molar-refractivity contribution is -0.133. The van der Waals surface area contributed by atoms with Crippen LogP contribution in [0.15, 0.2) is 5.10 Å². The molecule has 106 valence electrons. The van der Waals surface area contributed by atoms with Crippen molar-refractivity contribution in [3.8, 4) is 0 Å². The lowest BCUT2D eigenvalue weighted by Crippen LogP contribution is -2.48. The Kier molecular flexibility index (Phi) is 3.64. The molecule has 0 aromatic carbocycles. The van der Waals surface area contributed by atoms with E-state index in [1.54, 1.807) is 5.01 Å². The first kappa shape index (κ1) is 14.4. The van der Waals surface area contributed by atoms with Crippen LogP contribution in [-0.4, -0.2) is 26.9 Å². The molecule has 2 aliphatic rings. The van der Waals surface area contributed by atoms with Gasteiger partial charge in [-0.15, -0.1) is 5.10 Å². The summed E-state index contributed by atoms with van der Waals surface area (Å²) in [4.78, 5) is 22.7. The Bertz CT molecular complexity index is 447. The van der Waals surface area contributed by atoms with Gasteiger partial charge in [0.25, 0.3) is 0 Å². The number of thioether (sulfide) groups is 1. The van der Waals surface area contributed by atoms with Crippen molar-refractivity contribution >= 4 is 28.7 Å². The van der Waals surface area contributed by atoms with Crippen LogP contribution in [0.5, 0.6) is 0 Å². The van der Waals surface area contributed by atoms with Crippen molar-refractivity contribution < 1.29 is 9.59 Å². The first-order valence-corrected chi connectivity index (χ1v) is 7.42. The van der Waals surface area contributed by atoms with Gasteiger partial charge in [0.1, 0.15) is 4.87 Å². The summed E-state index contributed by atoms with van der Waals surface area (Å²) in [7, 11) is 0. The molecule has 1 aliphatic carbocycles. The van der Waals surface area contributed by atoms with Crippen molar-refractivity contribution in [2.75, 3.05) is 0 Å². The SMILES string of the molecule is CC(=O)NC1=NN(C(C)=O)C2(CCCC(C)(C)C2)S1. The highest BCUT2D eigenvalue weighted by molar-refractivity contribution is 8.15. The van der Waals surface area contributed by atoms with Gasteiger partial charge in [0, 0.05) is 13.8 Å². The first-order chi connectivity index (χ1) is 8.74. The first-order valence-electron chi connectivity index (χ1n) is 6.60. The summed E-state index contributed by atoms with van der Waals surface area (Å²) >= 11 is 1.52. The van der Waals surface area contributed by atoms with Crippen LogP contribution in [-0.2, 0) is 9.59 Å². The molecule has 0 aromatic rings. The predicted octanol–water partition coefficient (Wildman–Crippen LogP) is 2.29. The average molecular weight is 283 g/mol. The van der Waals surface area contributed by atoms with Gasteiger partial charge in [0.05, 0.1) is 0 Å². The van der Waals surface area contributed by atoms with E-state index in [2.05, 4.69) is 24.3 Å². The fourth-order valence-corrected chi connectivity index (χ4v) is 4.66. The summed E-state index contributed by atoms with van der Waals surface area (Å²) in [5.41, 5.74) is 0.195. The second-order valence-electron chi connectivity index (χ2n) is 6.16. The third-order valence-electron chi connectivity index (χ3n) is 3.62. The highest BCUT2D eigenvalue weighted by atomic mass is 32.2. The lowest BCUT2D eigenvalue weighted by atomic mass is 9.74. The molecule has 1 atom stereocenters. The minimum atomic E-state index is -0.314. The molecule has 0 bridgehead atoms. The maximum Gasteiger partial charge on any atom is 0.240 e. The van der Waals surface area contributed by atoms with Crippen LogP contribution in [0.1, 0.15) is 53.4 Å². The Labute approximate surface area is 118 Å². The second kappa shape index (κ2) is 4.81. The number of nitrogens with zero attached hydrogens (tertiary/aromatic N) is 2. The van der Waals surface area contributed by atoms with Crippen molar-refractivity contribution in [2.24, 2.45) is 10.5 Å². The summed E-state index contributed by atoms with van der Waals surface area (Å²) in [6, 6.07) is 0. The third-order valence-corrected chi connectivity index (χ3v) is 4.90. The predicted molar refractivity (Wildman–Crippen MR) is 76.3 cm³/mol. The number of amidine groups is 1. The van der Waals surface area contributed by atoms with E-state index in [4.69, 9.17) is 0 Å². The molecular weight excluding hydrogens is 262 g/mol. The topological polar surface area (TPSA) is 61.8 Å². The molecule has 2 rings (SSSR count). The van der Waals surface area contributed by atoms with Crippen molar-refractivity contribution in [1.29, 1.82) is 0 Å². The van der Waals surface area contributed by atoms with Gasteiger partial charge in [-0.1, -0.05) is 25.6 Å².